The Labute approximate surface area is 170 Å². The monoisotopic (exact) mass is 407 g/mol. The Bertz CT molecular complexity index is 1170. The third-order valence-corrected chi connectivity index (χ3v) is 7.04. The molecular weight excluding hydrogens is 386 g/mol. The van der Waals surface area contributed by atoms with Gasteiger partial charge in [-0.3, -0.25) is 9.10 Å². The molecule has 1 unspecified atom stereocenters. The first-order valence-corrected chi connectivity index (χ1v) is 10.7. The maximum Gasteiger partial charge on any atom is 0.307 e. The van der Waals surface area contributed by atoms with Crippen LogP contribution in [-0.2, 0) is 19.6 Å². The largest absolute Gasteiger partial charge is 0.469 e. The highest BCUT2D eigenvalue weighted by Gasteiger charge is 2.40. The van der Waals surface area contributed by atoms with Gasteiger partial charge in [0, 0.05) is 5.56 Å². The van der Waals surface area contributed by atoms with Gasteiger partial charge in [-0.05, 0) is 36.2 Å². The maximum atomic E-state index is 13.7. The van der Waals surface area contributed by atoms with Crippen molar-refractivity contribution >= 4 is 21.7 Å². The number of fused-ring (bicyclic) bond motifs is 3. The first-order chi connectivity index (χ1) is 13.9. The summed E-state index contributed by atoms with van der Waals surface area (Å²) in [6.07, 6.45) is -0.0764. The number of ether oxygens (including phenoxy) is 1. The Hall–Kier alpha value is -3.12. The third kappa shape index (κ3) is 3.29. The molecule has 4 rings (SSSR count). The summed E-state index contributed by atoms with van der Waals surface area (Å²) >= 11 is 0. The van der Waals surface area contributed by atoms with Crippen molar-refractivity contribution in [2.45, 2.75) is 24.3 Å². The first kappa shape index (κ1) is 19.2. The molecule has 6 heteroatoms. The van der Waals surface area contributed by atoms with E-state index in [9.17, 15) is 13.2 Å². The molecule has 1 heterocycles. The quantitative estimate of drug-likeness (QED) is 0.599. The molecule has 0 fully saturated rings. The molecule has 0 saturated heterocycles. The van der Waals surface area contributed by atoms with E-state index in [1.165, 1.54) is 11.4 Å². The van der Waals surface area contributed by atoms with E-state index in [0.29, 0.717) is 5.69 Å². The van der Waals surface area contributed by atoms with Crippen molar-refractivity contribution < 1.29 is 17.9 Å². The molecule has 0 N–H and O–H groups in total. The predicted molar refractivity (Wildman–Crippen MR) is 112 cm³/mol. The van der Waals surface area contributed by atoms with Gasteiger partial charge < -0.3 is 4.74 Å². The topological polar surface area (TPSA) is 63.7 Å². The van der Waals surface area contributed by atoms with Gasteiger partial charge in [-0.1, -0.05) is 60.2 Å². The number of nitrogens with zero attached hydrogens (tertiary/aromatic N) is 1. The van der Waals surface area contributed by atoms with Crippen LogP contribution >= 0.6 is 0 Å². The highest BCUT2D eigenvalue weighted by atomic mass is 32.2. The summed E-state index contributed by atoms with van der Waals surface area (Å²) in [4.78, 5) is 12.4. The Kier molecular flexibility index (Phi) is 4.88. The van der Waals surface area contributed by atoms with Gasteiger partial charge in [-0.25, -0.2) is 8.42 Å². The molecule has 0 bridgehead atoms. The third-order valence-electron chi connectivity index (χ3n) is 5.20. The van der Waals surface area contributed by atoms with Crippen LogP contribution in [0.25, 0.3) is 11.1 Å². The number of carbonyl (C=O) groups excluding carboxylic acids is 1. The van der Waals surface area contributed by atoms with E-state index in [-0.39, 0.29) is 11.3 Å². The SMILES string of the molecule is COC(=O)CC1c2ccccc2-c2ccccc2N1S(=O)(=O)c1ccc(C)cc1. The minimum atomic E-state index is -3.91. The Morgan fingerprint density at radius 1 is 0.931 bits per heavy atom. The summed E-state index contributed by atoms with van der Waals surface area (Å²) in [7, 11) is -2.60. The maximum absolute atomic E-state index is 13.7. The highest BCUT2D eigenvalue weighted by molar-refractivity contribution is 7.92. The number of sulfonamides is 1. The van der Waals surface area contributed by atoms with Crippen LogP contribution in [-0.4, -0.2) is 21.5 Å². The standard InChI is InChI=1S/C23H21NO4S/c1-16-11-13-17(14-12-16)29(26,27)24-21-10-6-5-8-19(21)18-7-3-4-9-20(18)22(24)15-23(25)28-2/h3-14,22H,15H2,1-2H3. The second-order valence-corrected chi connectivity index (χ2v) is 8.83. The smallest absolute Gasteiger partial charge is 0.307 e. The summed E-state index contributed by atoms with van der Waals surface area (Å²) in [6.45, 7) is 1.91. The lowest BCUT2D eigenvalue weighted by Crippen LogP contribution is -2.38. The van der Waals surface area contributed by atoms with Crippen molar-refractivity contribution in [1.29, 1.82) is 0 Å². The molecule has 0 spiro atoms. The first-order valence-electron chi connectivity index (χ1n) is 9.29. The molecule has 0 radical (unpaired) electrons. The lowest BCUT2D eigenvalue weighted by molar-refractivity contribution is -0.141. The number of esters is 1. The molecule has 0 aromatic heterocycles. The van der Waals surface area contributed by atoms with Crippen molar-refractivity contribution in [2.75, 3.05) is 11.4 Å². The predicted octanol–water partition coefficient (Wildman–Crippen LogP) is 4.48. The molecule has 0 aliphatic carbocycles. The normalized spacial score (nSPS) is 15.4. The summed E-state index contributed by atoms with van der Waals surface area (Å²) in [5, 5.41) is 0. The number of hydrogen-bond donors (Lipinski definition) is 0. The molecular formula is C23H21NO4S. The second kappa shape index (κ2) is 7.37. The number of para-hydroxylation sites is 1. The molecule has 1 aliphatic rings. The molecule has 5 nitrogen and oxygen atoms in total. The van der Waals surface area contributed by atoms with Crippen molar-refractivity contribution in [2.24, 2.45) is 0 Å². The minimum Gasteiger partial charge on any atom is -0.469 e. The van der Waals surface area contributed by atoms with Crippen LogP contribution in [0.2, 0.25) is 0 Å². The minimum absolute atomic E-state index is 0.0764. The van der Waals surface area contributed by atoms with Gasteiger partial charge in [0.25, 0.3) is 10.0 Å². The summed E-state index contributed by atoms with van der Waals surface area (Å²) in [5.41, 5.74) is 4.06. The van der Waals surface area contributed by atoms with Crippen LogP contribution in [0.3, 0.4) is 0 Å². The van der Waals surface area contributed by atoms with Crippen molar-refractivity contribution in [3.63, 3.8) is 0 Å². The van der Waals surface area contributed by atoms with Crippen LogP contribution in [0, 0.1) is 6.92 Å². The number of aryl methyl sites for hydroxylation is 1. The van der Waals surface area contributed by atoms with Crippen LogP contribution in [0.5, 0.6) is 0 Å². The van der Waals surface area contributed by atoms with E-state index in [4.69, 9.17) is 4.74 Å². The van der Waals surface area contributed by atoms with E-state index >= 15 is 0 Å². The van der Waals surface area contributed by atoms with Crippen LogP contribution < -0.4 is 4.31 Å². The number of hydrogen-bond acceptors (Lipinski definition) is 4. The van der Waals surface area contributed by atoms with Crippen LogP contribution in [0.15, 0.2) is 77.7 Å². The van der Waals surface area contributed by atoms with Crippen molar-refractivity contribution in [1.82, 2.24) is 0 Å². The number of methoxy groups -OCH3 is 1. The molecule has 1 aliphatic heterocycles. The van der Waals surface area contributed by atoms with Gasteiger partial charge in [0.2, 0.25) is 0 Å². The zero-order valence-corrected chi connectivity index (χ0v) is 17.0. The summed E-state index contributed by atoms with van der Waals surface area (Å²) in [5.74, 6) is -0.465. The molecule has 1 atom stereocenters. The molecule has 3 aromatic rings. The number of carbonyl (C=O) groups is 1. The van der Waals surface area contributed by atoms with Gasteiger partial charge in [0.1, 0.15) is 0 Å². The summed E-state index contributed by atoms with van der Waals surface area (Å²) in [6, 6.07) is 21.0. The fourth-order valence-corrected chi connectivity index (χ4v) is 5.42. The molecule has 148 valence electrons. The van der Waals surface area contributed by atoms with Gasteiger partial charge in [0.05, 0.1) is 30.2 Å². The Morgan fingerprint density at radius 2 is 1.55 bits per heavy atom. The lowest BCUT2D eigenvalue weighted by atomic mass is 9.88. The highest BCUT2D eigenvalue weighted by Crippen LogP contribution is 2.48. The van der Waals surface area contributed by atoms with Gasteiger partial charge in [-0.15, -0.1) is 0 Å². The second-order valence-electron chi connectivity index (χ2n) is 7.01. The summed E-state index contributed by atoms with van der Waals surface area (Å²) < 4.78 is 33.7. The van der Waals surface area contributed by atoms with E-state index in [1.807, 2.05) is 43.3 Å². The molecule has 0 saturated carbocycles. The van der Waals surface area contributed by atoms with Gasteiger partial charge >= 0.3 is 5.97 Å². The molecule has 0 amide bonds. The van der Waals surface area contributed by atoms with E-state index in [1.54, 1.807) is 36.4 Å². The van der Waals surface area contributed by atoms with Crippen LogP contribution in [0.1, 0.15) is 23.6 Å². The fraction of sp³-hybridized carbons (Fsp3) is 0.174. The van der Waals surface area contributed by atoms with Crippen LogP contribution in [0.4, 0.5) is 5.69 Å². The zero-order valence-electron chi connectivity index (χ0n) is 16.2. The number of rotatable bonds is 4. The Balaban J connectivity index is 1.96. The van der Waals surface area contributed by atoms with E-state index < -0.39 is 22.0 Å². The number of anilines is 1. The molecule has 29 heavy (non-hydrogen) atoms. The van der Waals surface area contributed by atoms with Crippen molar-refractivity contribution in [3.8, 4) is 11.1 Å². The fourth-order valence-electron chi connectivity index (χ4n) is 3.78. The van der Waals surface area contributed by atoms with Crippen molar-refractivity contribution in [3.05, 3.63) is 83.9 Å². The van der Waals surface area contributed by atoms with E-state index in [0.717, 1.165) is 22.3 Å². The molecule has 3 aromatic carbocycles. The zero-order chi connectivity index (χ0) is 20.6. The van der Waals surface area contributed by atoms with Gasteiger partial charge in [-0.2, -0.15) is 0 Å². The Morgan fingerprint density at radius 3 is 2.24 bits per heavy atom. The average molecular weight is 407 g/mol. The van der Waals surface area contributed by atoms with Gasteiger partial charge in [0.15, 0.2) is 0 Å². The average Bonchev–Trinajstić information content (AvgIpc) is 2.74. The van der Waals surface area contributed by atoms with E-state index in [2.05, 4.69) is 0 Å². The lowest BCUT2D eigenvalue weighted by Gasteiger charge is -2.38. The number of benzene rings is 3.